The highest BCUT2D eigenvalue weighted by atomic mass is 35.5. The number of nitrogens with one attached hydrogen (secondary N) is 1. The zero-order valence-electron chi connectivity index (χ0n) is 15.3. The Kier molecular flexibility index (Phi) is 7.79. The highest BCUT2D eigenvalue weighted by molar-refractivity contribution is 7.92. The van der Waals surface area contributed by atoms with Crippen LogP contribution in [0.2, 0.25) is 10.0 Å². The van der Waals surface area contributed by atoms with Crippen LogP contribution in [0.3, 0.4) is 0 Å². The van der Waals surface area contributed by atoms with Crippen LogP contribution in [0.25, 0.3) is 0 Å². The second kappa shape index (κ2) is 9.86. The fourth-order valence-electron chi connectivity index (χ4n) is 2.30. The molecule has 0 saturated carbocycles. The van der Waals surface area contributed by atoms with Crippen molar-refractivity contribution >= 4 is 44.8 Å². The number of benzene rings is 2. The van der Waals surface area contributed by atoms with E-state index in [-0.39, 0.29) is 28.9 Å². The molecule has 1 amide bonds. The number of methoxy groups -OCH3 is 1. The molecule has 0 spiro atoms. The van der Waals surface area contributed by atoms with E-state index < -0.39 is 22.5 Å². The number of halogens is 2. The summed E-state index contributed by atoms with van der Waals surface area (Å²) in [7, 11) is -2.19. The van der Waals surface area contributed by atoms with Crippen LogP contribution in [-0.2, 0) is 14.8 Å². The van der Waals surface area contributed by atoms with E-state index >= 15 is 0 Å². The number of nitrogens with zero attached hydrogens (tertiary/aromatic N) is 1. The quantitative estimate of drug-likeness (QED) is 0.598. The van der Waals surface area contributed by atoms with Gasteiger partial charge in [-0.1, -0.05) is 35.3 Å². The number of carbonyl (C=O) groups excluding carboxylic acids is 1. The van der Waals surface area contributed by atoms with Gasteiger partial charge < -0.3 is 14.8 Å². The Balaban J connectivity index is 1.94. The van der Waals surface area contributed by atoms with Gasteiger partial charge in [-0.2, -0.15) is 0 Å². The highest BCUT2D eigenvalue weighted by Crippen LogP contribution is 2.33. The van der Waals surface area contributed by atoms with Crippen LogP contribution in [0, 0.1) is 0 Å². The lowest BCUT2D eigenvalue weighted by Crippen LogP contribution is -2.41. The second-order valence-electron chi connectivity index (χ2n) is 5.72. The third kappa shape index (κ3) is 6.19. The molecule has 0 heterocycles. The zero-order chi connectivity index (χ0) is 20.7. The van der Waals surface area contributed by atoms with Gasteiger partial charge in [0.15, 0.2) is 0 Å². The minimum atomic E-state index is -3.75. The first kappa shape index (κ1) is 22.1. The number of hydrogen-bond acceptors (Lipinski definition) is 5. The molecule has 0 radical (unpaired) electrons. The number of anilines is 1. The predicted molar refractivity (Wildman–Crippen MR) is 110 cm³/mol. The summed E-state index contributed by atoms with van der Waals surface area (Å²) in [4.78, 5) is 12.2. The maximum Gasteiger partial charge on any atom is 0.240 e. The summed E-state index contributed by atoms with van der Waals surface area (Å²) in [6.07, 6.45) is 0.989. The molecular formula is C18H20Cl2N2O5S. The number of rotatable bonds is 9. The molecule has 10 heteroatoms. The summed E-state index contributed by atoms with van der Waals surface area (Å²) >= 11 is 12.0. The van der Waals surface area contributed by atoms with Crippen LogP contribution >= 0.6 is 23.2 Å². The van der Waals surface area contributed by atoms with E-state index in [1.807, 2.05) is 0 Å². The monoisotopic (exact) mass is 446 g/mol. The van der Waals surface area contributed by atoms with Crippen molar-refractivity contribution in [1.82, 2.24) is 5.32 Å². The lowest BCUT2D eigenvalue weighted by molar-refractivity contribution is -0.119. The summed E-state index contributed by atoms with van der Waals surface area (Å²) in [5.41, 5.74) is 0.138. The maximum absolute atomic E-state index is 12.2. The Bertz CT molecular complexity index is 937. The van der Waals surface area contributed by atoms with Gasteiger partial charge in [0.25, 0.3) is 0 Å². The molecule has 0 saturated heterocycles. The van der Waals surface area contributed by atoms with Gasteiger partial charge in [-0.25, -0.2) is 8.42 Å². The van der Waals surface area contributed by atoms with E-state index in [2.05, 4.69) is 5.32 Å². The summed E-state index contributed by atoms with van der Waals surface area (Å²) in [6.45, 7) is -0.0370. The number of carbonyl (C=O) groups is 1. The first-order valence-corrected chi connectivity index (χ1v) is 10.8. The van der Waals surface area contributed by atoms with Gasteiger partial charge in [0.1, 0.15) is 24.7 Å². The van der Waals surface area contributed by atoms with Crippen molar-refractivity contribution in [1.29, 1.82) is 0 Å². The Hall–Kier alpha value is -2.16. The molecule has 2 aromatic rings. The average molecular weight is 447 g/mol. The molecule has 0 aliphatic heterocycles. The van der Waals surface area contributed by atoms with E-state index in [0.717, 1.165) is 10.6 Å². The third-order valence-corrected chi connectivity index (χ3v) is 5.56. The minimum Gasteiger partial charge on any atom is -0.497 e. The molecule has 2 rings (SSSR count). The van der Waals surface area contributed by atoms with Crippen LogP contribution in [-0.4, -0.2) is 47.4 Å². The molecule has 28 heavy (non-hydrogen) atoms. The zero-order valence-corrected chi connectivity index (χ0v) is 17.6. The molecule has 2 aromatic carbocycles. The van der Waals surface area contributed by atoms with Crippen LogP contribution in [0.5, 0.6) is 11.5 Å². The molecule has 0 bridgehead atoms. The van der Waals surface area contributed by atoms with Crippen molar-refractivity contribution in [3.63, 3.8) is 0 Å². The Morgan fingerprint density at radius 1 is 1.14 bits per heavy atom. The second-order valence-corrected chi connectivity index (χ2v) is 8.41. The summed E-state index contributed by atoms with van der Waals surface area (Å²) in [5, 5.41) is 2.86. The number of amides is 1. The lowest BCUT2D eigenvalue weighted by atomic mass is 10.3. The van der Waals surface area contributed by atoms with Crippen molar-refractivity contribution in [2.24, 2.45) is 0 Å². The molecule has 0 aliphatic carbocycles. The van der Waals surface area contributed by atoms with Crippen molar-refractivity contribution < 1.29 is 22.7 Å². The van der Waals surface area contributed by atoms with E-state index in [1.165, 1.54) is 12.1 Å². The Labute approximate surface area is 174 Å². The number of sulfonamides is 1. The largest absolute Gasteiger partial charge is 0.497 e. The van der Waals surface area contributed by atoms with E-state index in [0.29, 0.717) is 11.5 Å². The van der Waals surface area contributed by atoms with Crippen LogP contribution in [0.1, 0.15) is 0 Å². The van der Waals surface area contributed by atoms with Gasteiger partial charge in [-0.05, 0) is 24.3 Å². The third-order valence-electron chi connectivity index (χ3n) is 3.62. The van der Waals surface area contributed by atoms with Gasteiger partial charge >= 0.3 is 0 Å². The number of hydrogen-bond donors (Lipinski definition) is 1. The van der Waals surface area contributed by atoms with E-state index in [4.69, 9.17) is 32.7 Å². The number of ether oxygens (including phenoxy) is 2. The van der Waals surface area contributed by atoms with Gasteiger partial charge in [0.2, 0.25) is 15.9 Å². The van der Waals surface area contributed by atoms with Crippen molar-refractivity contribution in [2.45, 2.75) is 0 Å². The first-order chi connectivity index (χ1) is 13.2. The molecule has 1 N–H and O–H groups in total. The minimum absolute atomic E-state index is 0.0590. The molecule has 0 fully saturated rings. The normalized spacial score (nSPS) is 11.0. The molecule has 0 atom stereocenters. The molecule has 7 nitrogen and oxygen atoms in total. The Morgan fingerprint density at radius 3 is 2.50 bits per heavy atom. The smallest absolute Gasteiger partial charge is 0.240 e. The first-order valence-electron chi connectivity index (χ1n) is 8.17. The summed E-state index contributed by atoms with van der Waals surface area (Å²) in [5.74, 6) is 0.747. The molecular weight excluding hydrogens is 427 g/mol. The van der Waals surface area contributed by atoms with Crippen molar-refractivity contribution in [3.05, 3.63) is 52.5 Å². The van der Waals surface area contributed by atoms with Crippen LogP contribution in [0.15, 0.2) is 42.5 Å². The SMILES string of the molecule is COc1cccc(OCCNC(=O)CN(c2cccc(Cl)c2Cl)S(C)(=O)=O)c1. The van der Waals surface area contributed by atoms with Crippen LogP contribution < -0.4 is 19.1 Å². The van der Waals surface area contributed by atoms with E-state index in [9.17, 15) is 13.2 Å². The molecule has 0 aliphatic rings. The van der Waals surface area contributed by atoms with E-state index in [1.54, 1.807) is 37.4 Å². The fourth-order valence-corrected chi connectivity index (χ4v) is 3.61. The molecule has 0 aromatic heterocycles. The van der Waals surface area contributed by atoms with Gasteiger partial charge in [-0.3, -0.25) is 9.10 Å². The van der Waals surface area contributed by atoms with Crippen LogP contribution in [0.4, 0.5) is 5.69 Å². The maximum atomic E-state index is 12.2. The highest BCUT2D eigenvalue weighted by Gasteiger charge is 2.23. The van der Waals surface area contributed by atoms with Gasteiger partial charge in [-0.15, -0.1) is 0 Å². The fraction of sp³-hybridized carbons (Fsp3) is 0.278. The average Bonchev–Trinajstić information content (AvgIpc) is 2.65. The topological polar surface area (TPSA) is 84.9 Å². The summed E-state index contributed by atoms with van der Waals surface area (Å²) in [6, 6.07) is 11.6. The lowest BCUT2D eigenvalue weighted by Gasteiger charge is -2.23. The van der Waals surface area contributed by atoms with Gasteiger partial charge in [0.05, 0.1) is 35.6 Å². The molecule has 152 valence electrons. The van der Waals surface area contributed by atoms with Gasteiger partial charge in [0, 0.05) is 6.07 Å². The summed E-state index contributed by atoms with van der Waals surface area (Å²) < 4.78 is 35.8. The predicted octanol–water partition coefficient (Wildman–Crippen LogP) is 2.96. The van der Waals surface area contributed by atoms with Crippen molar-refractivity contribution in [3.8, 4) is 11.5 Å². The van der Waals surface area contributed by atoms with Crippen molar-refractivity contribution in [2.75, 3.05) is 37.4 Å². The molecule has 0 unspecified atom stereocenters. The standard InChI is InChI=1S/C18H20Cl2N2O5S/c1-26-13-5-3-6-14(11-13)27-10-9-21-17(23)12-22(28(2,24)25)16-8-4-7-15(19)18(16)20/h3-8,11H,9-10,12H2,1-2H3,(H,21,23). The Morgan fingerprint density at radius 2 is 1.82 bits per heavy atom.